The minimum Gasteiger partial charge on any atom is -0.339 e. The van der Waals surface area contributed by atoms with Crippen LogP contribution in [0.3, 0.4) is 0 Å². The zero-order valence-corrected chi connectivity index (χ0v) is 18.8. The van der Waals surface area contributed by atoms with Gasteiger partial charge in [0.1, 0.15) is 5.15 Å². The summed E-state index contributed by atoms with van der Waals surface area (Å²) < 4.78 is 1.76. The second kappa shape index (κ2) is 9.47. The van der Waals surface area contributed by atoms with Crippen LogP contribution in [0.5, 0.6) is 0 Å². The molecular formula is C23H29ClN4O2. The number of anilines is 1. The number of carbonyl (C=O) groups is 2. The van der Waals surface area contributed by atoms with E-state index in [0.717, 1.165) is 42.8 Å². The van der Waals surface area contributed by atoms with Gasteiger partial charge >= 0.3 is 0 Å². The average molecular weight is 429 g/mol. The lowest BCUT2D eigenvalue weighted by molar-refractivity contribution is -0.111. The van der Waals surface area contributed by atoms with E-state index in [1.54, 1.807) is 16.8 Å². The molecule has 1 aliphatic heterocycles. The van der Waals surface area contributed by atoms with Gasteiger partial charge in [-0.3, -0.25) is 14.3 Å². The summed E-state index contributed by atoms with van der Waals surface area (Å²) in [6, 6.07) is 5.49. The lowest BCUT2D eigenvalue weighted by Gasteiger charge is -2.19. The Morgan fingerprint density at radius 2 is 1.93 bits per heavy atom. The van der Waals surface area contributed by atoms with E-state index in [2.05, 4.69) is 24.3 Å². The van der Waals surface area contributed by atoms with Gasteiger partial charge in [-0.1, -0.05) is 37.6 Å². The van der Waals surface area contributed by atoms with Gasteiger partial charge in [0.05, 0.1) is 16.9 Å². The van der Waals surface area contributed by atoms with Gasteiger partial charge in [0.2, 0.25) is 5.91 Å². The molecule has 0 bridgehead atoms. The van der Waals surface area contributed by atoms with Crippen LogP contribution in [0, 0.1) is 19.8 Å². The van der Waals surface area contributed by atoms with Crippen molar-refractivity contribution < 1.29 is 9.59 Å². The van der Waals surface area contributed by atoms with Crippen molar-refractivity contribution in [1.29, 1.82) is 0 Å². The summed E-state index contributed by atoms with van der Waals surface area (Å²) in [6.45, 7) is 10.2. The van der Waals surface area contributed by atoms with Crippen molar-refractivity contribution in [3.8, 4) is 0 Å². The maximum Gasteiger partial charge on any atom is 0.256 e. The molecule has 0 radical (unpaired) electrons. The minimum atomic E-state index is -0.317. The fourth-order valence-electron chi connectivity index (χ4n) is 3.69. The van der Waals surface area contributed by atoms with Crippen LogP contribution in [-0.2, 0) is 11.3 Å². The predicted octanol–water partition coefficient (Wildman–Crippen LogP) is 4.70. The zero-order valence-electron chi connectivity index (χ0n) is 18.0. The van der Waals surface area contributed by atoms with Crippen LogP contribution >= 0.6 is 11.6 Å². The number of aromatic nitrogens is 2. The first-order valence-corrected chi connectivity index (χ1v) is 10.8. The molecule has 6 nitrogen and oxygen atoms in total. The summed E-state index contributed by atoms with van der Waals surface area (Å²) in [5, 5.41) is 7.84. The highest BCUT2D eigenvalue weighted by molar-refractivity contribution is 6.31. The maximum absolute atomic E-state index is 13.0. The van der Waals surface area contributed by atoms with Gasteiger partial charge in [-0.05, 0) is 50.3 Å². The molecule has 7 heteroatoms. The van der Waals surface area contributed by atoms with E-state index in [1.165, 1.54) is 6.08 Å². The van der Waals surface area contributed by atoms with Crippen molar-refractivity contribution >= 4 is 35.2 Å². The number of hydrogen-bond acceptors (Lipinski definition) is 3. The number of benzene rings is 1. The van der Waals surface area contributed by atoms with Crippen molar-refractivity contribution in [3.63, 3.8) is 0 Å². The number of aryl methyl sites for hydroxylation is 2. The lowest BCUT2D eigenvalue weighted by atomic mass is 10.0. The van der Waals surface area contributed by atoms with Crippen LogP contribution in [0.25, 0.3) is 6.08 Å². The Morgan fingerprint density at radius 1 is 1.23 bits per heavy atom. The Morgan fingerprint density at radius 3 is 2.60 bits per heavy atom. The van der Waals surface area contributed by atoms with Crippen LogP contribution in [0.15, 0.2) is 24.3 Å². The Bertz CT molecular complexity index is 972. The molecule has 2 amide bonds. The van der Waals surface area contributed by atoms with Crippen molar-refractivity contribution in [2.24, 2.45) is 5.92 Å². The molecule has 3 rings (SSSR count). The summed E-state index contributed by atoms with van der Waals surface area (Å²) in [5.41, 5.74) is 3.43. The van der Waals surface area contributed by atoms with E-state index in [9.17, 15) is 9.59 Å². The summed E-state index contributed by atoms with van der Waals surface area (Å²) >= 11 is 6.44. The molecule has 1 saturated heterocycles. The maximum atomic E-state index is 13.0. The summed E-state index contributed by atoms with van der Waals surface area (Å²) in [4.78, 5) is 27.4. The third kappa shape index (κ3) is 4.93. The van der Waals surface area contributed by atoms with E-state index in [0.29, 0.717) is 28.9 Å². The van der Waals surface area contributed by atoms with E-state index in [-0.39, 0.29) is 11.8 Å². The van der Waals surface area contributed by atoms with Gasteiger partial charge in [-0.15, -0.1) is 0 Å². The molecule has 1 aromatic carbocycles. The second-order valence-corrected chi connectivity index (χ2v) is 8.54. The molecule has 0 spiro atoms. The second-order valence-electron chi connectivity index (χ2n) is 8.19. The Kier molecular flexibility index (Phi) is 6.98. The Labute approximate surface area is 182 Å². The molecule has 1 aliphatic rings. The highest BCUT2D eigenvalue weighted by Gasteiger charge is 2.24. The molecule has 1 aromatic heterocycles. The van der Waals surface area contributed by atoms with Gasteiger partial charge in [0, 0.05) is 31.3 Å². The smallest absolute Gasteiger partial charge is 0.256 e. The van der Waals surface area contributed by atoms with Gasteiger partial charge in [-0.25, -0.2) is 0 Å². The predicted molar refractivity (Wildman–Crippen MR) is 121 cm³/mol. The Balaban J connectivity index is 1.78. The van der Waals surface area contributed by atoms with E-state index in [4.69, 9.17) is 11.6 Å². The number of carbonyl (C=O) groups excluding carboxylic acids is 2. The monoisotopic (exact) mass is 428 g/mol. The molecule has 0 aliphatic carbocycles. The normalized spacial score (nSPS) is 14.1. The molecule has 0 saturated carbocycles. The molecule has 2 aromatic rings. The van der Waals surface area contributed by atoms with Gasteiger partial charge in [0.15, 0.2) is 0 Å². The van der Waals surface area contributed by atoms with E-state index >= 15 is 0 Å². The van der Waals surface area contributed by atoms with Crippen LogP contribution in [0.1, 0.15) is 53.9 Å². The molecule has 0 atom stereocenters. The first-order valence-electron chi connectivity index (χ1n) is 10.4. The number of rotatable bonds is 6. The van der Waals surface area contributed by atoms with Gasteiger partial charge in [-0.2, -0.15) is 5.10 Å². The fraction of sp³-hybridized carbons (Fsp3) is 0.435. The zero-order chi connectivity index (χ0) is 21.8. The summed E-state index contributed by atoms with van der Waals surface area (Å²) in [5.74, 6) is 0.0664. The highest BCUT2D eigenvalue weighted by Crippen LogP contribution is 2.25. The first-order chi connectivity index (χ1) is 14.3. The number of amides is 2. The van der Waals surface area contributed by atoms with E-state index in [1.807, 2.05) is 30.9 Å². The van der Waals surface area contributed by atoms with Crippen LogP contribution < -0.4 is 5.32 Å². The largest absolute Gasteiger partial charge is 0.339 e. The Hall–Kier alpha value is -2.60. The van der Waals surface area contributed by atoms with Crippen molar-refractivity contribution in [3.05, 3.63) is 51.8 Å². The average Bonchev–Trinajstić information content (AvgIpc) is 3.29. The van der Waals surface area contributed by atoms with Crippen molar-refractivity contribution in [1.82, 2.24) is 14.7 Å². The number of hydrogen-bond donors (Lipinski definition) is 1. The molecule has 2 heterocycles. The summed E-state index contributed by atoms with van der Waals surface area (Å²) in [6.07, 6.45) is 5.15. The van der Waals surface area contributed by atoms with Crippen LogP contribution in [0.2, 0.25) is 5.15 Å². The molecular weight excluding hydrogens is 400 g/mol. The van der Waals surface area contributed by atoms with E-state index < -0.39 is 0 Å². The molecule has 1 fully saturated rings. The first kappa shape index (κ1) is 22.1. The van der Waals surface area contributed by atoms with Crippen molar-refractivity contribution in [2.75, 3.05) is 18.4 Å². The van der Waals surface area contributed by atoms with Crippen molar-refractivity contribution in [2.45, 2.75) is 47.1 Å². The SMILES string of the molecule is Cc1cccc(NC(=O)/C=C/c2c(C)nn(CC(C)C)c2Cl)c1C(=O)N1CCCC1. The molecule has 160 valence electrons. The molecule has 1 N–H and O–H groups in total. The minimum absolute atomic E-state index is 0.0290. The number of nitrogens with one attached hydrogen (secondary N) is 1. The molecule has 30 heavy (non-hydrogen) atoms. The fourth-order valence-corrected chi connectivity index (χ4v) is 4.00. The van der Waals surface area contributed by atoms with Crippen LogP contribution in [-0.4, -0.2) is 39.6 Å². The molecule has 0 unspecified atom stereocenters. The lowest BCUT2D eigenvalue weighted by Crippen LogP contribution is -2.29. The number of halogens is 1. The third-order valence-corrected chi connectivity index (χ3v) is 5.59. The third-order valence-electron chi connectivity index (χ3n) is 5.19. The van der Waals surface area contributed by atoms with Gasteiger partial charge < -0.3 is 10.2 Å². The topological polar surface area (TPSA) is 67.2 Å². The standard InChI is InChI=1S/C23H29ClN4O2/c1-15(2)14-28-22(24)18(17(4)26-28)10-11-20(29)25-19-9-7-8-16(3)21(19)23(30)27-12-5-6-13-27/h7-11,15H,5-6,12-14H2,1-4H3,(H,25,29)/b11-10+. The highest BCUT2D eigenvalue weighted by atomic mass is 35.5. The van der Waals surface area contributed by atoms with Crippen LogP contribution in [0.4, 0.5) is 5.69 Å². The van der Waals surface area contributed by atoms with Gasteiger partial charge in [0.25, 0.3) is 5.91 Å². The quantitative estimate of drug-likeness (QED) is 0.678. The number of nitrogens with zero attached hydrogens (tertiary/aromatic N) is 3. The number of likely N-dealkylation sites (tertiary alicyclic amines) is 1. The summed E-state index contributed by atoms with van der Waals surface area (Å²) in [7, 11) is 0.